The summed E-state index contributed by atoms with van der Waals surface area (Å²) in [5.74, 6) is 0.620. The monoisotopic (exact) mass is 584 g/mol. The summed E-state index contributed by atoms with van der Waals surface area (Å²) in [5.41, 5.74) is 3.27. The highest BCUT2D eigenvalue weighted by Gasteiger charge is 2.16. The van der Waals surface area contributed by atoms with Gasteiger partial charge < -0.3 is 14.8 Å². The van der Waals surface area contributed by atoms with Gasteiger partial charge in [0, 0.05) is 34.6 Å². The first-order valence-electron chi connectivity index (χ1n) is 11.9. The molecule has 4 aromatic carbocycles. The van der Waals surface area contributed by atoms with Crippen molar-refractivity contribution in [3.05, 3.63) is 112 Å². The van der Waals surface area contributed by atoms with Gasteiger partial charge in [-0.25, -0.2) is 13.6 Å². The number of halogens is 2. The molecule has 4 rings (SSSR count). The maximum Gasteiger partial charge on any atom is 0.255 e. The highest BCUT2D eigenvalue weighted by Crippen LogP contribution is 2.28. The average Bonchev–Trinajstić information content (AvgIpc) is 2.92. The van der Waals surface area contributed by atoms with Crippen LogP contribution in [0.15, 0.2) is 89.8 Å². The lowest BCUT2D eigenvalue weighted by atomic mass is 10.0. The number of benzene rings is 4. The number of nitrogens with one attached hydrogen (secondary N) is 1. The van der Waals surface area contributed by atoms with Crippen LogP contribution < -0.4 is 19.9 Å². The van der Waals surface area contributed by atoms with Crippen molar-refractivity contribution < 1.29 is 22.7 Å². The molecule has 0 aliphatic heterocycles. The zero-order chi connectivity index (χ0) is 28.0. The third kappa shape index (κ3) is 7.30. The molecule has 0 aromatic heterocycles. The van der Waals surface area contributed by atoms with Gasteiger partial charge in [0.1, 0.15) is 11.5 Å². The van der Waals surface area contributed by atoms with Crippen LogP contribution in [0.4, 0.5) is 0 Å². The number of hydrogen-bond donors (Lipinski definition) is 2. The Labute approximate surface area is 237 Å². The number of amides is 1. The van der Waals surface area contributed by atoms with Crippen LogP contribution in [0.5, 0.6) is 11.5 Å². The molecule has 0 radical (unpaired) electrons. The van der Waals surface area contributed by atoms with Gasteiger partial charge in [-0.15, -0.1) is 0 Å². The zero-order valence-corrected chi connectivity index (χ0v) is 23.3. The smallest absolute Gasteiger partial charge is 0.255 e. The van der Waals surface area contributed by atoms with Crippen LogP contribution in [0.1, 0.15) is 21.5 Å². The van der Waals surface area contributed by atoms with E-state index in [0.717, 1.165) is 11.1 Å². The Bertz CT molecular complexity index is 1590. The first kappa shape index (κ1) is 28.4. The molecule has 7 nitrogen and oxygen atoms in total. The minimum atomic E-state index is -3.87. The van der Waals surface area contributed by atoms with Crippen LogP contribution in [0.25, 0.3) is 11.1 Å². The largest absolute Gasteiger partial charge is 0.497 e. The van der Waals surface area contributed by atoms with E-state index in [1.165, 1.54) is 13.2 Å². The van der Waals surface area contributed by atoms with Crippen molar-refractivity contribution in [2.24, 2.45) is 5.14 Å². The number of carbonyl (C=O) groups excluding carboxylic acids is 1. The molecule has 1 amide bonds. The van der Waals surface area contributed by atoms with E-state index < -0.39 is 10.0 Å². The van der Waals surface area contributed by atoms with Gasteiger partial charge in [0.2, 0.25) is 10.0 Å². The van der Waals surface area contributed by atoms with Gasteiger partial charge >= 0.3 is 0 Å². The number of sulfonamides is 1. The molecule has 10 heteroatoms. The van der Waals surface area contributed by atoms with E-state index in [2.05, 4.69) is 5.32 Å². The molecule has 0 saturated carbocycles. The van der Waals surface area contributed by atoms with Crippen LogP contribution >= 0.6 is 23.2 Å². The number of hydrogen-bond acceptors (Lipinski definition) is 5. The Morgan fingerprint density at radius 3 is 2.38 bits per heavy atom. The van der Waals surface area contributed by atoms with E-state index >= 15 is 0 Å². The summed E-state index contributed by atoms with van der Waals surface area (Å²) in [5, 5.41) is 9.36. The van der Waals surface area contributed by atoms with E-state index in [1.807, 2.05) is 18.2 Å². The second kappa shape index (κ2) is 12.5. The SMILES string of the molecule is COc1ccc(C(=O)NCc2ccc(-c3ccccc3S(N)(=O)=O)cc2)c(OCCc2ccc(Cl)cc2Cl)c1. The Kier molecular flexibility index (Phi) is 9.14. The predicted octanol–water partition coefficient (Wildman–Crippen LogP) is 5.87. The predicted molar refractivity (Wildman–Crippen MR) is 153 cm³/mol. The van der Waals surface area contributed by atoms with Crippen molar-refractivity contribution in [2.45, 2.75) is 17.9 Å². The minimum absolute atomic E-state index is 0.0522. The summed E-state index contributed by atoms with van der Waals surface area (Å²) in [6, 6.07) is 24.0. The van der Waals surface area contributed by atoms with Crippen molar-refractivity contribution in [3.63, 3.8) is 0 Å². The van der Waals surface area contributed by atoms with Crippen LogP contribution in [-0.2, 0) is 23.0 Å². The van der Waals surface area contributed by atoms with Crippen molar-refractivity contribution >= 4 is 39.1 Å². The fraction of sp³-hybridized carbons (Fsp3) is 0.138. The molecule has 4 aromatic rings. The van der Waals surface area contributed by atoms with Gasteiger partial charge in [-0.1, -0.05) is 71.7 Å². The lowest BCUT2D eigenvalue weighted by molar-refractivity contribution is 0.0947. The van der Waals surface area contributed by atoms with Crippen molar-refractivity contribution in [1.29, 1.82) is 0 Å². The number of rotatable bonds is 10. The molecule has 0 spiro atoms. The third-order valence-corrected chi connectivity index (χ3v) is 7.55. The lowest BCUT2D eigenvalue weighted by Gasteiger charge is -2.14. The fourth-order valence-corrected chi connectivity index (χ4v) is 5.23. The van der Waals surface area contributed by atoms with E-state index in [4.69, 9.17) is 37.8 Å². The summed E-state index contributed by atoms with van der Waals surface area (Å²) in [6.45, 7) is 0.540. The summed E-state index contributed by atoms with van der Waals surface area (Å²) in [7, 11) is -2.33. The molecule has 0 atom stereocenters. The first-order valence-corrected chi connectivity index (χ1v) is 14.2. The first-order chi connectivity index (χ1) is 18.7. The van der Waals surface area contributed by atoms with Crippen molar-refractivity contribution in [1.82, 2.24) is 5.32 Å². The summed E-state index contributed by atoms with van der Waals surface area (Å²) < 4.78 is 35.1. The lowest BCUT2D eigenvalue weighted by Crippen LogP contribution is -2.23. The van der Waals surface area contributed by atoms with Gasteiger partial charge in [-0.05, 0) is 47.0 Å². The topological polar surface area (TPSA) is 108 Å². The van der Waals surface area contributed by atoms with E-state index in [9.17, 15) is 13.2 Å². The molecule has 0 heterocycles. The van der Waals surface area contributed by atoms with Crippen molar-refractivity contribution in [2.75, 3.05) is 13.7 Å². The Balaban J connectivity index is 1.43. The standard InChI is InChI=1S/C29H26Cl2N2O5S/c1-37-23-12-13-25(27(17-23)38-15-14-21-10-11-22(30)16-26(21)31)29(34)33-18-19-6-8-20(9-7-19)24-4-2-3-5-28(24)39(32,35)36/h2-13,16-17H,14-15,18H2,1H3,(H,33,34)(H2,32,35,36). The highest BCUT2D eigenvalue weighted by molar-refractivity contribution is 7.89. The van der Waals surface area contributed by atoms with Crippen LogP contribution in [0, 0.1) is 0 Å². The van der Waals surface area contributed by atoms with Gasteiger partial charge in [0.15, 0.2) is 0 Å². The molecule has 3 N–H and O–H groups in total. The maximum atomic E-state index is 13.1. The van der Waals surface area contributed by atoms with Crippen LogP contribution in [-0.4, -0.2) is 28.0 Å². The molecular weight excluding hydrogens is 559 g/mol. The molecular formula is C29H26Cl2N2O5S. The van der Waals surface area contributed by atoms with Crippen molar-refractivity contribution in [3.8, 4) is 22.6 Å². The van der Waals surface area contributed by atoms with Gasteiger partial charge in [0.05, 0.1) is 24.2 Å². The number of carbonyl (C=O) groups is 1. The summed E-state index contributed by atoms with van der Waals surface area (Å²) in [6.07, 6.45) is 0.523. The Morgan fingerprint density at radius 1 is 0.949 bits per heavy atom. The zero-order valence-electron chi connectivity index (χ0n) is 21.0. The molecule has 202 valence electrons. The van der Waals surface area contributed by atoms with E-state index in [-0.39, 0.29) is 24.0 Å². The maximum absolute atomic E-state index is 13.1. The summed E-state index contributed by atoms with van der Waals surface area (Å²) >= 11 is 12.2. The Hall–Kier alpha value is -3.56. The normalized spacial score (nSPS) is 11.2. The molecule has 0 aliphatic carbocycles. The van der Waals surface area contributed by atoms with Gasteiger partial charge in [-0.3, -0.25) is 4.79 Å². The second-order valence-corrected chi connectivity index (χ2v) is 11.0. The quantitative estimate of drug-likeness (QED) is 0.242. The molecule has 0 bridgehead atoms. The van der Waals surface area contributed by atoms with Crippen LogP contribution in [0.2, 0.25) is 10.0 Å². The number of methoxy groups -OCH3 is 1. The molecule has 0 unspecified atom stereocenters. The Morgan fingerprint density at radius 2 is 1.69 bits per heavy atom. The van der Waals surface area contributed by atoms with Crippen LogP contribution in [0.3, 0.4) is 0 Å². The van der Waals surface area contributed by atoms with E-state index in [0.29, 0.717) is 44.7 Å². The van der Waals surface area contributed by atoms with Gasteiger partial charge in [0.25, 0.3) is 5.91 Å². The second-order valence-electron chi connectivity index (χ2n) is 8.62. The van der Waals surface area contributed by atoms with Gasteiger partial charge in [-0.2, -0.15) is 0 Å². The summed E-state index contributed by atoms with van der Waals surface area (Å²) in [4.78, 5) is 13.1. The molecule has 0 aliphatic rings. The molecule has 39 heavy (non-hydrogen) atoms. The van der Waals surface area contributed by atoms with E-state index in [1.54, 1.807) is 60.7 Å². The number of primary sulfonamides is 1. The number of ether oxygens (including phenoxy) is 2. The minimum Gasteiger partial charge on any atom is -0.497 e. The highest BCUT2D eigenvalue weighted by atomic mass is 35.5. The molecule has 0 fully saturated rings. The number of nitrogens with two attached hydrogens (primary N) is 1. The third-order valence-electron chi connectivity index (χ3n) is 5.99. The fourth-order valence-electron chi connectivity index (χ4n) is 3.96. The molecule has 0 saturated heterocycles. The average molecular weight is 586 g/mol.